The number of hydrogen-bond acceptors (Lipinski definition) is 7. The standard InChI is InChI=1S/C35H35N7O2S2/c1-23-13-15-25(16-14-23)42-32(19-30(39-42)35(2,3)22-45-4)41(34(36)44)20-24-9-5-8-12-29(24)46-26-17-18-31-37-38-33(40(31)21-26)27-10-6-7-11-28(27)43/h5-19,21,43H,20,22H2,1-4H3,(H2,36,44). The minimum atomic E-state index is -0.569. The quantitative estimate of drug-likeness (QED) is 0.158. The highest BCUT2D eigenvalue weighted by Crippen LogP contribution is 2.36. The molecule has 2 amide bonds. The second-order valence-electron chi connectivity index (χ2n) is 11.7. The van der Waals surface area contributed by atoms with Crippen molar-refractivity contribution < 1.29 is 9.90 Å². The molecule has 0 fully saturated rings. The van der Waals surface area contributed by atoms with Gasteiger partial charge in [0.05, 0.1) is 23.5 Å². The molecule has 0 unspecified atom stereocenters. The molecule has 0 aliphatic rings. The van der Waals surface area contributed by atoms with Gasteiger partial charge in [-0.05, 0) is 61.2 Å². The van der Waals surface area contributed by atoms with Gasteiger partial charge in [0.2, 0.25) is 0 Å². The number of fused-ring (bicyclic) bond motifs is 1. The van der Waals surface area contributed by atoms with E-state index in [2.05, 4.69) is 30.3 Å². The largest absolute Gasteiger partial charge is 0.507 e. The number of primary amides is 1. The van der Waals surface area contributed by atoms with Gasteiger partial charge in [0.1, 0.15) is 11.6 Å². The summed E-state index contributed by atoms with van der Waals surface area (Å²) < 4.78 is 3.69. The van der Waals surface area contributed by atoms with Crippen molar-refractivity contribution in [3.8, 4) is 22.8 Å². The van der Waals surface area contributed by atoms with Gasteiger partial charge in [-0.2, -0.15) is 16.9 Å². The van der Waals surface area contributed by atoms with Crippen molar-refractivity contribution in [3.63, 3.8) is 0 Å². The summed E-state index contributed by atoms with van der Waals surface area (Å²) in [5.74, 6) is 2.17. The number of carbonyl (C=O) groups excluding carboxylic acids is 1. The van der Waals surface area contributed by atoms with Crippen molar-refractivity contribution in [2.45, 2.75) is 42.5 Å². The normalized spacial score (nSPS) is 11.7. The van der Waals surface area contributed by atoms with Crippen molar-refractivity contribution in [1.82, 2.24) is 24.4 Å². The molecule has 6 rings (SSSR count). The third-order valence-corrected chi connectivity index (χ3v) is 9.87. The molecule has 0 saturated heterocycles. The van der Waals surface area contributed by atoms with Crippen LogP contribution in [-0.2, 0) is 12.0 Å². The highest BCUT2D eigenvalue weighted by molar-refractivity contribution is 7.99. The van der Waals surface area contributed by atoms with E-state index in [9.17, 15) is 9.90 Å². The Bertz CT molecular complexity index is 2020. The second-order valence-corrected chi connectivity index (χ2v) is 13.7. The van der Waals surface area contributed by atoms with Gasteiger partial charge >= 0.3 is 6.03 Å². The lowest BCUT2D eigenvalue weighted by Crippen LogP contribution is -2.36. The van der Waals surface area contributed by atoms with Crippen LogP contribution in [0, 0.1) is 6.92 Å². The molecule has 0 radical (unpaired) electrons. The van der Waals surface area contributed by atoms with E-state index in [4.69, 9.17) is 10.8 Å². The molecule has 234 valence electrons. The zero-order valence-corrected chi connectivity index (χ0v) is 27.7. The van der Waals surface area contributed by atoms with Gasteiger partial charge in [0.25, 0.3) is 0 Å². The number of urea groups is 1. The highest BCUT2D eigenvalue weighted by atomic mass is 32.2. The zero-order valence-electron chi connectivity index (χ0n) is 26.1. The van der Waals surface area contributed by atoms with Crippen LogP contribution in [0.5, 0.6) is 5.75 Å². The van der Waals surface area contributed by atoms with Gasteiger partial charge in [0.15, 0.2) is 11.5 Å². The van der Waals surface area contributed by atoms with Gasteiger partial charge in [0, 0.05) is 33.2 Å². The molecular weight excluding hydrogens is 615 g/mol. The molecule has 0 saturated carbocycles. The van der Waals surface area contributed by atoms with Gasteiger partial charge in [-0.3, -0.25) is 9.30 Å². The minimum absolute atomic E-state index is 0.136. The number of amides is 2. The average Bonchev–Trinajstić information content (AvgIpc) is 3.66. The fourth-order valence-corrected chi connectivity index (χ4v) is 7.11. The maximum atomic E-state index is 13.2. The lowest BCUT2D eigenvalue weighted by Gasteiger charge is -2.23. The lowest BCUT2D eigenvalue weighted by molar-refractivity contribution is 0.253. The Labute approximate surface area is 276 Å². The van der Waals surface area contributed by atoms with Crippen LogP contribution in [0.25, 0.3) is 22.7 Å². The molecule has 0 aliphatic heterocycles. The predicted molar refractivity (Wildman–Crippen MR) is 186 cm³/mol. The number of nitrogens with two attached hydrogens (primary N) is 1. The van der Waals surface area contributed by atoms with Crippen molar-refractivity contribution in [2.24, 2.45) is 5.73 Å². The third kappa shape index (κ3) is 6.33. The summed E-state index contributed by atoms with van der Waals surface area (Å²) >= 11 is 3.32. The summed E-state index contributed by atoms with van der Waals surface area (Å²) in [5, 5.41) is 24.1. The van der Waals surface area contributed by atoms with Gasteiger partial charge in [-0.1, -0.05) is 73.6 Å². The van der Waals surface area contributed by atoms with Crippen LogP contribution in [0.3, 0.4) is 0 Å². The SMILES string of the molecule is CSCC(C)(C)c1cc(N(Cc2ccccc2Sc2ccc3nnc(-c4ccccc4O)n3c2)C(N)=O)n(-c2ccc(C)cc2)n1. The summed E-state index contributed by atoms with van der Waals surface area (Å²) in [4.78, 5) is 16.7. The molecule has 3 aromatic heterocycles. The van der Waals surface area contributed by atoms with Crippen LogP contribution < -0.4 is 10.6 Å². The number of benzene rings is 3. The topological polar surface area (TPSA) is 115 Å². The number of aryl methyl sites for hydroxylation is 1. The predicted octanol–water partition coefficient (Wildman–Crippen LogP) is 7.47. The van der Waals surface area contributed by atoms with Crippen LogP contribution in [0.4, 0.5) is 10.6 Å². The Morgan fingerprint density at radius 1 is 0.978 bits per heavy atom. The number of hydrogen-bond donors (Lipinski definition) is 2. The molecule has 11 heteroatoms. The van der Waals surface area contributed by atoms with Crippen molar-refractivity contribution in [3.05, 3.63) is 114 Å². The number of nitrogens with zero attached hydrogens (tertiary/aromatic N) is 6. The highest BCUT2D eigenvalue weighted by Gasteiger charge is 2.29. The Balaban J connectivity index is 1.37. The number of para-hydroxylation sites is 1. The Morgan fingerprint density at radius 3 is 2.46 bits per heavy atom. The second kappa shape index (κ2) is 12.9. The van der Waals surface area contributed by atoms with E-state index in [0.29, 0.717) is 22.9 Å². The summed E-state index contributed by atoms with van der Waals surface area (Å²) in [6.07, 6.45) is 4.04. The van der Waals surface area contributed by atoms with Gasteiger partial charge in [-0.15, -0.1) is 10.2 Å². The number of rotatable bonds is 10. The maximum absolute atomic E-state index is 13.2. The van der Waals surface area contributed by atoms with Crippen LogP contribution in [0.15, 0.2) is 107 Å². The number of thioether (sulfide) groups is 1. The molecule has 46 heavy (non-hydrogen) atoms. The molecule has 3 aromatic carbocycles. The number of phenols is 1. The smallest absolute Gasteiger partial charge is 0.320 e. The fourth-order valence-electron chi connectivity index (χ4n) is 5.29. The minimum Gasteiger partial charge on any atom is -0.507 e. The summed E-state index contributed by atoms with van der Waals surface area (Å²) in [6, 6.07) is 28.4. The molecule has 0 spiro atoms. The molecule has 3 N–H and O–H groups in total. The van der Waals surface area contributed by atoms with E-state index >= 15 is 0 Å². The van der Waals surface area contributed by atoms with Crippen LogP contribution in [0.1, 0.15) is 30.7 Å². The van der Waals surface area contributed by atoms with E-state index in [0.717, 1.165) is 38.1 Å². The van der Waals surface area contributed by atoms with Crippen molar-refractivity contribution >= 4 is 41.0 Å². The van der Waals surface area contributed by atoms with E-state index in [1.54, 1.807) is 40.6 Å². The Morgan fingerprint density at radius 2 is 1.72 bits per heavy atom. The van der Waals surface area contributed by atoms with E-state index < -0.39 is 6.03 Å². The number of pyridine rings is 1. The molecule has 0 atom stereocenters. The van der Waals surface area contributed by atoms with Crippen LogP contribution >= 0.6 is 23.5 Å². The molecule has 0 aliphatic carbocycles. The van der Waals surface area contributed by atoms with E-state index in [1.807, 2.05) is 101 Å². The first-order chi connectivity index (χ1) is 22.1. The number of aromatic hydroxyl groups is 1. The Kier molecular flexibility index (Phi) is 8.79. The summed E-state index contributed by atoms with van der Waals surface area (Å²) in [5.41, 5.74) is 10.9. The van der Waals surface area contributed by atoms with E-state index in [1.165, 1.54) is 0 Å². The Hall–Kier alpha value is -4.74. The first-order valence-corrected chi connectivity index (χ1v) is 17.0. The number of aromatic nitrogens is 5. The zero-order chi connectivity index (χ0) is 32.4. The van der Waals surface area contributed by atoms with Crippen molar-refractivity contribution in [1.29, 1.82) is 0 Å². The first kappa shape index (κ1) is 31.3. The van der Waals surface area contributed by atoms with Crippen molar-refractivity contribution in [2.75, 3.05) is 16.9 Å². The summed E-state index contributed by atoms with van der Waals surface area (Å²) in [7, 11) is 0. The summed E-state index contributed by atoms with van der Waals surface area (Å²) in [6.45, 7) is 6.61. The molecule has 3 heterocycles. The lowest BCUT2D eigenvalue weighted by atomic mass is 9.92. The fraction of sp³-hybridized carbons (Fsp3) is 0.200. The van der Waals surface area contributed by atoms with Gasteiger partial charge in [-0.25, -0.2) is 9.48 Å². The molecule has 0 bridgehead atoms. The number of carbonyl (C=O) groups is 1. The molecular formula is C35H35N7O2S2. The molecule has 6 aromatic rings. The van der Waals surface area contributed by atoms with E-state index in [-0.39, 0.29) is 17.7 Å². The number of anilines is 1. The number of phenolic OH excluding ortho intramolecular Hbond substituents is 1. The molecule has 9 nitrogen and oxygen atoms in total. The monoisotopic (exact) mass is 649 g/mol. The van der Waals surface area contributed by atoms with Crippen LogP contribution in [-0.4, -0.2) is 47.5 Å². The van der Waals surface area contributed by atoms with Crippen LogP contribution in [0.2, 0.25) is 0 Å². The van der Waals surface area contributed by atoms with Gasteiger partial charge < -0.3 is 10.8 Å². The average molecular weight is 650 g/mol. The first-order valence-electron chi connectivity index (χ1n) is 14.8. The third-order valence-electron chi connectivity index (χ3n) is 7.76. The maximum Gasteiger partial charge on any atom is 0.320 e.